The van der Waals surface area contributed by atoms with Gasteiger partial charge in [0.25, 0.3) is 0 Å². The minimum atomic E-state index is 0.532. The van der Waals surface area contributed by atoms with E-state index in [9.17, 15) is 0 Å². The van der Waals surface area contributed by atoms with Gasteiger partial charge in [-0.1, -0.05) is 30.4 Å². The molecule has 0 heterocycles. The fourth-order valence-corrected chi connectivity index (χ4v) is 1.59. The van der Waals surface area contributed by atoms with E-state index in [4.69, 9.17) is 4.74 Å². The third-order valence-electron chi connectivity index (χ3n) is 2.56. The number of anilines is 2. The van der Waals surface area contributed by atoms with Crippen LogP contribution in [-0.2, 0) is 0 Å². The van der Waals surface area contributed by atoms with Crippen molar-refractivity contribution in [2.24, 2.45) is 0 Å². The zero-order valence-corrected chi connectivity index (χ0v) is 10.5. The van der Waals surface area contributed by atoms with Crippen molar-refractivity contribution in [3.63, 3.8) is 0 Å². The number of hydrogen-bond acceptors (Lipinski definition) is 2. The first-order chi connectivity index (χ1) is 8.78. The minimum Gasteiger partial charge on any atom is -0.490 e. The number of nitrogens with one attached hydrogen (secondary N) is 1. The molecule has 0 aromatic heterocycles. The zero-order valence-electron chi connectivity index (χ0n) is 10.5. The van der Waals surface area contributed by atoms with E-state index in [1.807, 2.05) is 24.3 Å². The molecule has 2 heteroatoms. The maximum atomic E-state index is 5.43. The Kier molecular flexibility index (Phi) is 4.02. The second-order valence-corrected chi connectivity index (χ2v) is 4.12. The number of ether oxygens (including phenoxy) is 1. The van der Waals surface area contributed by atoms with E-state index in [1.165, 1.54) is 5.56 Å². The van der Waals surface area contributed by atoms with Gasteiger partial charge in [-0.25, -0.2) is 0 Å². The second kappa shape index (κ2) is 5.92. The molecule has 0 aliphatic heterocycles. The average Bonchev–Trinajstić information content (AvgIpc) is 2.41. The summed E-state index contributed by atoms with van der Waals surface area (Å²) in [5.41, 5.74) is 3.39. The number of aryl methyl sites for hydroxylation is 1. The van der Waals surface area contributed by atoms with Crippen LogP contribution in [0.15, 0.2) is 61.2 Å². The lowest BCUT2D eigenvalue weighted by Crippen LogP contribution is -1.93. The molecule has 0 unspecified atom stereocenters. The van der Waals surface area contributed by atoms with Gasteiger partial charge in [-0.05, 0) is 43.3 Å². The van der Waals surface area contributed by atoms with Crippen LogP contribution in [0.1, 0.15) is 5.56 Å². The van der Waals surface area contributed by atoms with E-state index in [2.05, 4.69) is 43.1 Å². The van der Waals surface area contributed by atoms with Gasteiger partial charge in [-0.2, -0.15) is 0 Å². The summed E-state index contributed by atoms with van der Waals surface area (Å²) < 4.78 is 5.43. The number of rotatable bonds is 5. The van der Waals surface area contributed by atoms with E-state index in [-0.39, 0.29) is 0 Å². The molecule has 2 rings (SSSR count). The first kappa shape index (κ1) is 12.2. The van der Waals surface area contributed by atoms with Crippen LogP contribution in [0.2, 0.25) is 0 Å². The molecule has 0 bridgehead atoms. The van der Waals surface area contributed by atoms with Gasteiger partial charge >= 0.3 is 0 Å². The van der Waals surface area contributed by atoms with Crippen LogP contribution < -0.4 is 10.1 Å². The normalized spacial score (nSPS) is 9.83. The molecule has 0 amide bonds. The highest BCUT2D eigenvalue weighted by molar-refractivity contribution is 5.60. The average molecular weight is 239 g/mol. The summed E-state index contributed by atoms with van der Waals surface area (Å²) in [6, 6.07) is 16.2. The van der Waals surface area contributed by atoms with Crippen LogP contribution in [0.3, 0.4) is 0 Å². The molecule has 2 aromatic rings. The maximum absolute atomic E-state index is 5.43. The van der Waals surface area contributed by atoms with Crippen molar-refractivity contribution in [3.05, 3.63) is 66.7 Å². The Morgan fingerprint density at radius 2 is 1.56 bits per heavy atom. The Labute approximate surface area is 108 Å². The smallest absolute Gasteiger partial charge is 0.119 e. The van der Waals surface area contributed by atoms with Crippen LogP contribution >= 0.6 is 0 Å². The molecule has 0 fully saturated rings. The van der Waals surface area contributed by atoms with Gasteiger partial charge in [-0.15, -0.1) is 0 Å². The lowest BCUT2D eigenvalue weighted by molar-refractivity contribution is 0.363. The van der Waals surface area contributed by atoms with Crippen molar-refractivity contribution in [2.75, 3.05) is 11.9 Å². The molecule has 0 saturated carbocycles. The van der Waals surface area contributed by atoms with Crippen molar-refractivity contribution >= 4 is 11.4 Å². The highest BCUT2D eigenvalue weighted by atomic mass is 16.5. The Morgan fingerprint density at radius 1 is 1.00 bits per heavy atom. The summed E-state index contributed by atoms with van der Waals surface area (Å²) in [4.78, 5) is 0. The predicted octanol–water partition coefficient (Wildman–Crippen LogP) is 4.30. The SMILES string of the molecule is C=CCOc1ccc(Nc2ccc(C)cc2)cc1. The molecule has 0 spiro atoms. The Bertz CT molecular complexity index is 500. The Morgan fingerprint density at radius 3 is 2.11 bits per heavy atom. The summed E-state index contributed by atoms with van der Waals surface area (Å²) in [5.74, 6) is 0.851. The molecule has 1 N–H and O–H groups in total. The van der Waals surface area contributed by atoms with Crippen LogP contribution in [0, 0.1) is 6.92 Å². The third-order valence-corrected chi connectivity index (χ3v) is 2.56. The molecule has 2 nitrogen and oxygen atoms in total. The van der Waals surface area contributed by atoms with E-state index in [0.29, 0.717) is 6.61 Å². The quantitative estimate of drug-likeness (QED) is 0.785. The van der Waals surface area contributed by atoms with Gasteiger partial charge < -0.3 is 10.1 Å². The van der Waals surface area contributed by atoms with E-state index < -0.39 is 0 Å². The molecule has 0 aliphatic carbocycles. The Balaban J connectivity index is 2.01. The summed E-state index contributed by atoms with van der Waals surface area (Å²) in [6.45, 7) is 6.23. The van der Waals surface area contributed by atoms with Gasteiger partial charge in [0, 0.05) is 11.4 Å². The maximum Gasteiger partial charge on any atom is 0.119 e. The standard InChI is InChI=1S/C16H17NO/c1-3-12-18-16-10-8-15(9-11-16)17-14-6-4-13(2)5-7-14/h3-11,17H,1,12H2,2H3. The van der Waals surface area contributed by atoms with E-state index in [0.717, 1.165) is 17.1 Å². The van der Waals surface area contributed by atoms with Crippen molar-refractivity contribution in [1.29, 1.82) is 0 Å². The largest absolute Gasteiger partial charge is 0.490 e. The van der Waals surface area contributed by atoms with Crippen molar-refractivity contribution in [2.45, 2.75) is 6.92 Å². The summed E-state index contributed by atoms with van der Waals surface area (Å²) in [6.07, 6.45) is 1.73. The van der Waals surface area contributed by atoms with Gasteiger partial charge in [0.2, 0.25) is 0 Å². The lowest BCUT2D eigenvalue weighted by atomic mass is 10.2. The van der Waals surface area contributed by atoms with Gasteiger partial charge in [0.15, 0.2) is 0 Å². The number of hydrogen-bond donors (Lipinski definition) is 1. The second-order valence-electron chi connectivity index (χ2n) is 4.12. The van der Waals surface area contributed by atoms with E-state index >= 15 is 0 Å². The van der Waals surface area contributed by atoms with Crippen molar-refractivity contribution < 1.29 is 4.74 Å². The molecular weight excluding hydrogens is 222 g/mol. The zero-order chi connectivity index (χ0) is 12.8. The molecule has 92 valence electrons. The molecular formula is C16H17NO. The molecule has 0 aliphatic rings. The molecule has 0 radical (unpaired) electrons. The minimum absolute atomic E-state index is 0.532. The fourth-order valence-electron chi connectivity index (χ4n) is 1.59. The summed E-state index contributed by atoms with van der Waals surface area (Å²) in [7, 11) is 0. The van der Waals surface area contributed by atoms with Crippen LogP contribution in [0.5, 0.6) is 5.75 Å². The third kappa shape index (κ3) is 3.39. The molecule has 18 heavy (non-hydrogen) atoms. The predicted molar refractivity (Wildman–Crippen MR) is 76.6 cm³/mol. The fraction of sp³-hybridized carbons (Fsp3) is 0.125. The lowest BCUT2D eigenvalue weighted by Gasteiger charge is -2.08. The summed E-state index contributed by atoms with van der Waals surface area (Å²) in [5, 5.41) is 3.34. The topological polar surface area (TPSA) is 21.3 Å². The molecule has 0 saturated heterocycles. The highest BCUT2D eigenvalue weighted by Gasteiger charge is 1.96. The van der Waals surface area contributed by atoms with Gasteiger partial charge in [-0.3, -0.25) is 0 Å². The van der Waals surface area contributed by atoms with Crippen LogP contribution in [0.25, 0.3) is 0 Å². The van der Waals surface area contributed by atoms with E-state index in [1.54, 1.807) is 6.08 Å². The monoisotopic (exact) mass is 239 g/mol. The first-order valence-corrected chi connectivity index (χ1v) is 5.95. The summed E-state index contributed by atoms with van der Waals surface area (Å²) >= 11 is 0. The molecule has 0 atom stereocenters. The van der Waals surface area contributed by atoms with Crippen molar-refractivity contribution in [3.8, 4) is 5.75 Å². The molecule has 2 aromatic carbocycles. The van der Waals surface area contributed by atoms with Gasteiger partial charge in [0.05, 0.1) is 0 Å². The van der Waals surface area contributed by atoms with Crippen LogP contribution in [0.4, 0.5) is 11.4 Å². The highest BCUT2D eigenvalue weighted by Crippen LogP contribution is 2.20. The van der Waals surface area contributed by atoms with Gasteiger partial charge in [0.1, 0.15) is 12.4 Å². The van der Waals surface area contributed by atoms with Crippen molar-refractivity contribution in [1.82, 2.24) is 0 Å². The Hall–Kier alpha value is -2.22. The first-order valence-electron chi connectivity index (χ1n) is 5.95. The number of benzene rings is 2. The van der Waals surface area contributed by atoms with Crippen LogP contribution in [-0.4, -0.2) is 6.61 Å².